The molecule has 1 aliphatic heterocycles. The molecular weight excluding hydrogens is 266 g/mol. The van der Waals surface area contributed by atoms with Crippen molar-refractivity contribution in [2.24, 2.45) is 5.92 Å². The van der Waals surface area contributed by atoms with Crippen molar-refractivity contribution in [2.75, 3.05) is 33.2 Å². The van der Waals surface area contributed by atoms with Crippen LogP contribution >= 0.6 is 0 Å². The number of hydrogen-bond acceptors (Lipinski definition) is 4. The predicted molar refractivity (Wildman–Crippen MR) is 86.5 cm³/mol. The normalized spacial score (nSPS) is 18.6. The molecule has 0 spiro atoms. The standard InChI is InChI=1S/C16H33N3O2/c1-15(2,3)21-14(20)18-16(4,5)12-17-11-13-7-9-19(6)10-8-13/h13,17H,7-12H2,1-6H3,(H,18,20). The molecule has 124 valence electrons. The number of likely N-dealkylation sites (tertiary alicyclic amines) is 1. The van der Waals surface area contributed by atoms with E-state index < -0.39 is 5.60 Å². The summed E-state index contributed by atoms with van der Waals surface area (Å²) < 4.78 is 5.30. The molecule has 1 rings (SSSR count). The maximum Gasteiger partial charge on any atom is 0.408 e. The van der Waals surface area contributed by atoms with Crippen LogP contribution in [-0.4, -0.2) is 55.4 Å². The Balaban J connectivity index is 2.24. The van der Waals surface area contributed by atoms with Crippen LogP contribution in [0.5, 0.6) is 0 Å². The van der Waals surface area contributed by atoms with Gasteiger partial charge in [0.15, 0.2) is 0 Å². The quantitative estimate of drug-likeness (QED) is 0.817. The van der Waals surface area contributed by atoms with E-state index in [1.165, 1.54) is 25.9 Å². The molecule has 0 bridgehead atoms. The maximum atomic E-state index is 11.8. The van der Waals surface area contributed by atoms with E-state index >= 15 is 0 Å². The lowest BCUT2D eigenvalue weighted by atomic mass is 9.96. The number of hydrogen-bond donors (Lipinski definition) is 2. The summed E-state index contributed by atoms with van der Waals surface area (Å²) >= 11 is 0. The molecule has 0 saturated carbocycles. The highest BCUT2D eigenvalue weighted by Gasteiger charge is 2.25. The zero-order chi connectivity index (χ0) is 16.1. The molecule has 0 radical (unpaired) electrons. The van der Waals surface area contributed by atoms with Crippen molar-refractivity contribution in [3.63, 3.8) is 0 Å². The van der Waals surface area contributed by atoms with Crippen LogP contribution in [0.15, 0.2) is 0 Å². The molecule has 0 unspecified atom stereocenters. The molecule has 1 fully saturated rings. The van der Waals surface area contributed by atoms with Gasteiger partial charge in [-0.1, -0.05) is 0 Å². The second-order valence-electron chi connectivity index (χ2n) is 7.89. The molecule has 1 heterocycles. The molecule has 2 N–H and O–H groups in total. The van der Waals surface area contributed by atoms with Gasteiger partial charge in [0.05, 0.1) is 5.54 Å². The van der Waals surface area contributed by atoms with E-state index in [1.54, 1.807) is 0 Å². The SMILES string of the molecule is CN1CCC(CNCC(C)(C)NC(=O)OC(C)(C)C)CC1. The van der Waals surface area contributed by atoms with Crippen LogP contribution in [-0.2, 0) is 4.74 Å². The summed E-state index contributed by atoms with van der Waals surface area (Å²) in [6, 6.07) is 0. The second-order valence-corrected chi connectivity index (χ2v) is 7.89. The van der Waals surface area contributed by atoms with E-state index in [0.29, 0.717) is 0 Å². The smallest absolute Gasteiger partial charge is 0.408 e. The molecule has 1 amide bonds. The molecule has 21 heavy (non-hydrogen) atoms. The molecule has 0 aromatic heterocycles. The predicted octanol–water partition coefficient (Wildman–Crippen LogP) is 2.22. The minimum absolute atomic E-state index is 0.312. The summed E-state index contributed by atoms with van der Waals surface area (Å²) in [6.45, 7) is 13.8. The van der Waals surface area contributed by atoms with Crippen molar-refractivity contribution >= 4 is 6.09 Å². The third kappa shape index (κ3) is 8.27. The Morgan fingerprint density at radius 2 is 1.76 bits per heavy atom. The number of carbonyl (C=O) groups excluding carboxylic acids is 1. The zero-order valence-electron chi connectivity index (χ0n) is 14.6. The van der Waals surface area contributed by atoms with Crippen LogP contribution in [0.1, 0.15) is 47.5 Å². The fourth-order valence-electron chi connectivity index (χ4n) is 2.48. The van der Waals surface area contributed by atoms with Gasteiger partial charge < -0.3 is 20.3 Å². The van der Waals surface area contributed by atoms with Gasteiger partial charge in [-0.15, -0.1) is 0 Å². The Bertz CT molecular complexity index is 329. The lowest BCUT2D eigenvalue weighted by molar-refractivity contribution is 0.0471. The van der Waals surface area contributed by atoms with Crippen LogP contribution in [0.25, 0.3) is 0 Å². The highest BCUT2D eigenvalue weighted by atomic mass is 16.6. The highest BCUT2D eigenvalue weighted by molar-refractivity contribution is 5.68. The minimum Gasteiger partial charge on any atom is -0.444 e. The Morgan fingerprint density at radius 3 is 2.29 bits per heavy atom. The monoisotopic (exact) mass is 299 g/mol. The third-order valence-corrected chi connectivity index (χ3v) is 3.68. The summed E-state index contributed by atoms with van der Waals surface area (Å²) in [5.41, 5.74) is -0.768. The fraction of sp³-hybridized carbons (Fsp3) is 0.938. The van der Waals surface area contributed by atoms with E-state index in [4.69, 9.17) is 4.74 Å². The van der Waals surface area contributed by atoms with Gasteiger partial charge in [0, 0.05) is 6.54 Å². The van der Waals surface area contributed by atoms with Gasteiger partial charge in [-0.2, -0.15) is 0 Å². The van der Waals surface area contributed by atoms with Crippen molar-refractivity contribution in [1.82, 2.24) is 15.5 Å². The second kappa shape index (κ2) is 7.45. The van der Waals surface area contributed by atoms with Gasteiger partial charge >= 0.3 is 6.09 Å². The first-order chi connectivity index (χ1) is 9.57. The Kier molecular flexibility index (Phi) is 6.47. The van der Waals surface area contributed by atoms with Crippen molar-refractivity contribution in [3.8, 4) is 0 Å². The first kappa shape index (κ1) is 18.2. The van der Waals surface area contributed by atoms with Gasteiger partial charge in [0.2, 0.25) is 0 Å². The average molecular weight is 299 g/mol. The number of alkyl carbamates (subject to hydrolysis) is 1. The van der Waals surface area contributed by atoms with E-state index in [1.807, 2.05) is 34.6 Å². The molecule has 1 aliphatic rings. The van der Waals surface area contributed by atoms with Crippen LogP contribution in [0.4, 0.5) is 4.79 Å². The van der Waals surface area contributed by atoms with E-state index in [9.17, 15) is 4.79 Å². The molecule has 0 aromatic carbocycles. The van der Waals surface area contributed by atoms with Gasteiger partial charge in [-0.25, -0.2) is 4.79 Å². The molecular formula is C16H33N3O2. The first-order valence-electron chi connectivity index (χ1n) is 7.98. The van der Waals surface area contributed by atoms with Crippen molar-refractivity contribution in [1.29, 1.82) is 0 Å². The minimum atomic E-state index is -0.457. The van der Waals surface area contributed by atoms with Gasteiger partial charge in [0.25, 0.3) is 0 Å². The molecule has 1 saturated heterocycles. The third-order valence-electron chi connectivity index (χ3n) is 3.68. The zero-order valence-corrected chi connectivity index (χ0v) is 14.6. The molecule has 5 heteroatoms. The number of nitrogens with one attached hydrogen (secondary N) is 2. The number of ether oxygens (including phenoxy) is 1. The number of carbonyl (C=O) groups is 1. The van der Waals surface area contributed by atoms with E-state index in [0.717, 1.165) is 19.0 Å². The van der Waals surface area contributed by atoms with Crippen LogP contribution in [0, 0.1) is 5.92 Å². The fourth-order valence-corrected chi connectivity index (χ4v) is 2.48. The largest absolute Gasteiger partial charge is 0.444 e. The van der Waals surface area contributed by atoms with Gasteiger partial charge in [0.1, 0.15) is 5.60 Å². The van der Waals surface area contributed by atoms with E-state index in [2.05, 4.69) is 22.6 Å². The molecule has 0 atom stereocenters. The highest BCUT2D eigenvalue weighted by Crippen LogP contribution is 2.15. The van der Waals surface area contributed by atoms with Crippen molar-refractivity contribution in [3.05, 3.63) is 0 Å². The first-order valence-corrected chi connectivity index (χ1v) is 7.98. The summed E-state index contributed by atoms with van der Waals surface area (Å²) in [7, 11) is 2.18. The van der Waals surface area contributed by atoms with Crippen LogP contribution in [0.2, 0.25) is 0 Å². The number of amides is 1. The van der Waals surface area contributed by atoms with Gasteiger partial charge in [-0.05, 0) is 80.1 Å². The lowest BCUT2D eigenvalue weighted by Crippen LogP contribution is -2.52. The van der Waals surface area contributed by atoms with Gasteiger partial charge in [-0.3, -0.25) is 0 Å². The summed E-state index contributed by atoms with van der Waals surface area (Å²) in [5.74, 6) is 0.749. The maximum absolute atomic E-state index is 11.8. The Hall–Kier alpha value is -0.810. The topological polar surface area (TPSA) is 53.6 Å². The van der Waals surface area contributed by atoms with Crippen molar-refractivity contribution < 1.29 is 9.53 Å². The summed E-state index contributed by atoms with van der Waals surface area (Å²) in [4.78, 5) is 14.2. The van der Waals surface area contributed by atoms with E-state index in [-0.39, 0.29) is 11.6 Å². The Morgan fingerprint density at radius 1 is 1.19 bits per heavy atom. The van der Waals surface area contributed by atoms with Crippen molar-refractivity contribution in [2.45, 2.75) is 58.6 Å². The van der Waals surface area contributed by atoms with Crippen LogP contribution < -0.4 is 10.6 Å². The average Bonchev–Trinajstić information content (AvgIpc) is 2.28. The number of rotatable bonds is 5. The number of piperidine rings is 1. The molecule has 0 aromatic rings. The number of nitrogens with zero attached hydrogens (tertiary/aromatic N) is 1. The molecule has 0 aliphatic carbocycles. The molecule has 5 nitrogen and oxygen atoms in total. The Labute approximate surface area is 129 Å². The summed E-state index contributed by atoms with van der Waals surface area (Å²) in [6.07, 6.45) is 2.15. The lowest BCUT2D eigenvalue weighted by Gasteiger charge is -2.32. The summed E-state index contributed by atoms with van der Waals surface area (Å²) in [5, 5.41) is 6.42. The van der Waals surface area contributed by atoms with Crippen LogP contribution in [0.3, 0.4) is 0 Å².